The normalized spacial score (nSPS) is 9.79. The maximum atomic E-state index is 11.7. The molecule has 0 spiro atoms. The number of hydrogen-bond donors (Lipinski definition) is 1. The van der Waals surface area contributed by atoms with Gasteiger partial charge in [-0.1, -0.05) is 11.6 Å². The predicted molar refractivity (Wildman–Crippen MR) is 67.1 cm³/mol. The maximum absolute atomic E-state index is 11.7. The van der Waals surface area contributed by atoms with E-state index in [2.05, 4.69) is 10.1 Å². The van der Waals surface area contributed by atoms with Crippen LogP contribution in [0.25, 0.3) is 0 Å². The highest BCUT2D eigenvalue weighted by molar-refractivity contribution is 6.31. The lowest BCUT2D eigenvalue weighted by Crippen LogP contribution is -2.27. The second-order valence-electron chi connectivity index (χ2n) is 3.50. The average Bonchev–Trinajstić information content (AvgIpc) is 2.38. The van der Waals surface area contributed by atoms with Crippen LogP contribution in [-0.4, -0.2) is 30.5 Å². The minimum atomic E-state index is -0.693. The van der Waals surface area contributed by atoms with Crippen LogP contribution in [0, 0.1) is 10.1 Å². The lowest BCUT2D eigenvalue weighted by atomic mass is 10.1. The highest BCUT2D eigenvalue weighted by Gasteiger charge is 2.20. The van der Waals surface area contributed by atoms with Gasteiger partial charge in [0.1, 0.15) is 5.56 Å². The fourth-order valence-electron chi connectivity index (χ4n) is 1.32. The van der Waals surface area contributed by atoms with Crippen molar-refractivity contribution in [3.63, 3.8) is 0 Å². The van der Waals surface area contributed by atoms with Gasteiger partial charge in [0.2, 0.25) is 0 Å². The number of halogens is 1. The van der Waals surface area contributed by atoms with Crippen molar-refractivity contribution in [1.29, 1.82) is 0 Å². The van der Waals surface area contributed by atoms with Crippen molar-refractivity contribution in [1.82, 2.24) is 5.32 Å². The number of carbonyl (C=O) groups is 2. The largest absolute Gasteiger partial charge is 0.469 e. The fourth-order valence-corrected chi connectivity index (χ4v) is 1.49. The third-order valence-corrected chi connectivity index (χ3v) is 2.48. The van der Waals surface area contributed by atoms with Gasteiger partial charge in [-0.15, -0.1) is 0 Å². The zero-order chi connectivity index (χ0) is 14.4. The Morgan fingerprint density at radius 3 is 2.74 bits per heavy atom. The summed E-state index contributed by atoms with van der Waals surface area (Å²) in [5.74, 6) is -1.13. The summed E-state index contributed by atoms with van der Waals surface area (Å²) in [5, 5.41) is 13.4. The minimum absolute atomic E-state index is 0.0103. The Balaban J connectivity index is 2.77. The summed E-state index contributed by atoms with van der Waals surface area (Å²) in [6.45, 7) is 0.0330. The number of carbonyl (C=O) groups excluding carboxylic acids is 2. The van der Waals surface area contributed by atoms with Gasteiger partial charge in [-0.2, -0.15) is 0 Å². The quantitative estimate of drug-likeness (QED) is 0.503. The van der Waals surface area contributed by atoms with Crippen LogP contribution in [-0.2, 0) is 9.53 Å². The molecule has 0 fully saturated rings. The number of methoxy groups -OCH3 is 1. The molecule has 0 aromatic heterocycles. The van der Waals surface area contributed by atoms with Crippen LogP contribution in [0.5, 0.6) is 0 Å². The number of esters is 1. The van der Waals surface area contributed by atoms with E-state index in [0.717, 1.165) is 6.07 Å². The Morgan fingerprint density at radius 2 is 2.16 bits per heavy atom. The van der Waals surface area contributed by atoms with Crippen molar-refractivity contribution in [3.05, 3.63) is 38.9 Å². The van der Waals surface area contributed by atoms with Crippen LogP contribution in [0.3, 0.4) is 0 Å². The molecule has 1 amide bonds. The summed E-state index contributed by atoms with van der Waals surface area (Å²) in [7, 11) is 1.23. The highest BCUT2D eigenvalue weighted by atomic mass is 35.5. The number of hydrogen-bond acceptors (Lipinski definition) is 5. The predicted octanol–water partition coefficient (Wildman–Crippen LogP) is 1.54. The van der Waals surface area contributed by atoms with E-state index in [4.69, 9.17) is 11.6 Å². The van der Waals surface area contributed by atoms with Gasteiger partial charge in [0.05, 0.1) is 18.5 Å². The van der Waals surface area contributed by atoms with Crippen molar-refractivity contribution in [3.8, 4) is 0 Å². The van der Waals surface area contributed by atoms with Gasteiger partial charge in [0.15, 0.2) is 0 Å². The zero-order valence-electron chi connectivity index (χ0n) is 10.0. The topological polar surface area (TPSA) is 98.5 Å². The molecule has 0 saturated carbocycles. The number of nitrogens with one attached hydrogen (secondary N) is 1. The minimum Gasteiger partial charge on any atom is -0.469 e. The Hall–Kier alpha value is -2.15. The third kappa shape index (κ3) is 4.22. The Morgan fingerprint density at radius 1 is 1.47 bits per heavy atom. The summed E-state index contributed by atoms with van der Waals surface area (Å²) >= 11 is 5.63. The summed E-state index contributed by atoms with van der Waals surface area (Å²) < 4.78 is 4.40. The molecular weight excluding hydrogens is 276 g/mol. The van der Waals surface area contributed by atoms with Gasteiger partial charge in [-0.3, -0.25) is 19.7 Å². The number of nitro groups is 1. The second-order valence-corrected chi connectivity index (χ2v) is 3.94. The van der Waals surface area contributed by atoms with Crippen molar-refractivity contribution in [2.24, 2.45) is 0 Å². The molecule has 0 aliphatic carbocycles. The molecule has 1 aromatic rings. The smallest absolute Gasteiger partial charge is 0.307 e. The van der Waals surface area contributed by atoms with E-state index < -0.39 is 16.8 Å². The molecule has 0 radical (unpaired) electrons. The van der Waals surface area contributed by atoms with E-state index in [1.165, 1.54) is 19.2 Å². The summed E-state index contributed by atoms with van der Waals surface area (Å²) in [6, 6.07) is 3.73. The van der Waals surface area contributed by atoms with E-state index in [0.29, 0.717) is 0 Å². The van der Waals surface area contributed by atoms with Crippen molar-refractivity contribution in [2.75, 3.05) is 13.7 Å². The van der Waals surface area contributed by atoms with Crippen molar-refractivity contribution in [2.45, 2.75) is 6.42 Å². The first kappa shape index (κ1) is 14.9. The van der Waals surface area contributed by atoms with E-state index >= 15 is 0 Å². The number of ether oxygens (including phenoxy) is 1. The lowest BCUT2D eigenvalue weighted by molar-refractivity contribution is -0.385. The maximum Gasteiger partial charge on any atom is 0.307 e. The monoisotopic (exact) mass is 286 g/mol. The van der Waals surface area contributed by atoms with Gasteiger partial charge in [-0.05, 0) is 12.1 Å². The molecule has 0 bridgehead atoms. The van der Waals surface area contributed by atoms with E-state index in [9.17, 15) is 19.7 Å². The molecule has 102 valence electrons. The molecule has 0 unspecified atom stereocenters. The molecule has 0 atom stereocenters. The van der Waals surface area contributed by atoms with Crippen LogP contribution in [0.4, 0.5) is 5.69 Å². The third-order valence-electron chi connectivity index (χ3n) is 2.24. The SMILES string of the molecule is COC(=O)CCNC(=O)c1ccc(Cl)cc1[N+](=O)[O-]. The van der Waals surface area contributed by atoms with Gasteiger partial charge in [-0.25, -0.2) is 0 Å². The average molecular weight is 287 g/mol. The molecule has 0 heterocycles. The molecule has 19 heavy (non-hydrogen) atoms. The van der Waals surface area contributed by atoms with Gasteiger partial charge in [0.25, 0.3) is 11.6 Å². The lowest BCUT2D eigenvalue weighted by Gasteiger charge is -2.05. The fraction of sp³-hybridized carbons (Fsp3) is 0.273. The van der Waals surface area contributed by atoms with E-state index in [-0.39, 0.29) is 29.2 Å². The van der Waals surface area contributed by atoms with Crippen LogP contribution in [0.15, 0.2) is 18.2 Å². The Kier molecular flexibility index (Phi) is 5.25. The second kappa shape index (κ2) is 6.69. The summed E-state index contributed by atoms with van der Waals surface area (Å²) in [4.78, 5) is 32.7. The van der Waals surface area contributed by atoms with Gasteiger partial charge in [0, 0.05) is 17.6 Å². The number of amides is 1. The highest BCUT2D eigenvalue weighted by Crippen LogP contribution is 2.22. The van der Waals surface area contributed by atoms with Gasteiger partial charge < -0.3 is 10.1 Å². The van der Waals surface area contributed by atoms with Crippen molar-refractivity contribution >= 4 is 29.2 Å². The van der Waals surface area contributed by atoms with E-state index in [1.54, 1.807) is 0 Å². The molecule has 1 aromatic carbocycles. The first-order valence-electron chi connectivity index (χ1n) is 5.24. The molecule has 0 aliphatic heterocycles. The van der Waals surface area contributed by atoms with Crippen molar-refractivity contribution < 1.29 is 19.2 Å². The molecular formula is C11H11ClN2O5. The Labute approximate surface area is 113 Å². The Bertz CT molecular complexity index is 518. The van der Waals surface area contributed by atoms with Crippen LogP contribution >= 0.6 is 11.6 Å². The molecule has 1 rings (SSSR count). The number of rotatable bonds is 5. The standard InChI is InChI=1S/C11H11ClN2O5/c1-19-10(15)4-5-13-11(16)8-3-2-7(12)6-9(8)14(17)18/h2-3,6H,4-5H2,1H3,(H,13,16). The zero-order valence-corrected chi connectivity index (χ0v) is 10.8. The van der Waals surface area contributed by atoms with E-state index in [1.807, 2.05) is 0 Å². The summed E-state index contributed by atoms with van der Waals surface area (Å²) in [6.07, 6.45) is -0.0103. The van der Waals surface area contributed by atoms with Crippen LogP contribution in [0.2, 0.25) is 5.02 Å². The molecule has 0 saturated heterocycles. The van der Waals surface area contributed by atoms with Crippen LogP contribution < -0.4 is 5.32 Å². The molecule has 0 aliphatic rings. The first-order valence-corrected chi connectivity index (χ1v) is 5.62. The van der Waals surface area contributed by atoms with Crippen LogP contribution in [0.1, 0.15) is 16.8 Å². The molecule has 7 nitrogen and oxygen atoms in total. The first-order chi connectivity index (χ1) is 8.95. The van der Waals surface area contributed by atoms with Gasteiger partial charge >= 0.3 is 5.97 Å². The molecule has 8 heteroatoms. The number of nitro benzene ring substituents is 1. The number of benzene rings is 1. The molecule has 1 N–H and O–H groups in total. The summed E-state index contributed by atoms with van der Waals surface area (Å²) in [5.41, 5.74) is -0.498. The number of nitrogens with zero attached hydrogens (tertiary/aromatic N) is 1.